The second-order valence-electron chi connectivity index (χ2n) is 8.55. The Kier molecular flexibility index (Phi) is 11.2. The van der Waals surface area contributed by atoms with E-state index >= 15 is 0 Å². The van der Waals surface area contributed by atoms with Gasteiger partial charge in [0.1, 0.15) is 18.1 Å². The molecule has 192 valence electrons. The van der Waals surface area contributed by atoms with Crippen molar-refractivity contribution < 1.29 is 29.1 Å². The van der Waals surface area contributed by atoms with E-state index < -0.39 is 60.2 Å². The van der Waals surface area contributed by atoms with E-state index in [1.165, 1.54) is 4.90 Å². The molecule has 1 aliphatic heterocycles. The first-order valence-electron chi connectivity index (χ1n) is 11.1. The molecule has 0 aliphatic carbocycles. The summed E-state index contributed by atoms with van der Waals surface area (Å²) in [4.78, 5) is 66.4. The molecule has 4 amide bonds. The number of guanidine groups is 1. The minimum atomic E-state index is -1.32. The highest BCUT2D eigenvalue weighted by atomic mass is 16.4. The number of aliphatic imine (C=N–C) groups is 1. The molecule has 14 nitrogen and oxygen atoms in total. The Morgan fingerprint density at radius 2 is 1.76 bits per heavy atom. The number of rotatable bonds is 13. The van der Waals surface area contributed by atoms with Gasteiger partial charge in [-0.3, -0.25) is 24.2 Å². The zero-order valence-corrected chi connectivity index (χ0v) is 19.5. The van der Waals surface area contributed by atoms with E-state index in [1.807, 2.05) is 0 Å². The first-order valence-corrected chi connectivity index (χ1v) is 11.1. The average Bonchev–Trinajstić information content (AvgIpc) is 3.22. The lowest BCUT2D eigenvalue weighted by atomic mass is 10.0. The van der Waals surface area contributed by atoms with Gasteiger partial charge in [0, 0.05) is 13.1 Å². The fourth-order valence-electron chi connectivity index (χ4n) is 3.60. The van der Waals surface area contributed by atoms with Crippen LogP contribution in [0, 0.1) is 5.92 Å². The number of carboxylic acids is 1. The summed E-state index contributed by atoms with van der Waals surface area (Å²) in [6.07, 6.45) is 0.949. The molecule has 0 bridgehead atoms. The van der Waals surface area contributed by atoms with Crippen LogP contribution in [0.1, 0.15) is 46.0 Å². The van der Waals surface area contributed by atoms with E-state index in [-0.39, 0.29) is 31.4 Å². The van der Waals surface area contributed by atoms with E-state index in [0.29, 0.717) is 19.3 Å². The lowest BCUT2D eigenvalue weighted by Crippen LogP contribution is -2.57. The van der Waals surface area contributed by atoms with Gasteiger partial charge < -0.3 is 43.6 Å². The molecule has 0 aromatic rings. The van der Waals surface area contributed by atoms with Crippen molar-refractivity contribution in [3.63, 3.8) is 0 Å². The van der Waals surface area contributed by atoms with Crippen LogP contribution in [-0.4, -0.2) is 82.8 Å². The molecule has 1 heterocycles. The Hall–Kier alpha value is -3.42. The summed E-state index contributed by atoms with van der Waals surface area (Å²) in [6, 6.07) is -4.36. The lowest BCUT2D eigenvalue weighted by Gasteiger charge is -2.30. The summed E-state index contributed by atoms with van der Waals surface area (Å²) in [5.41, 5.74) is 21.6. The number of nitrogens with zero attached hydrogens (tertiary/aromatic N) is 2. The second-order valence-corrected chi connectivity index (χ2v) is 8.55. The molecule has 34 heavy (non-hydrogen) atoms. The van der Waals surface area contributed by atoms with Gasteiger partial charge in [0.05, 0.1) is 12.5 Å². The minimum Gasteiger partial charge on any atom is -0.480 e. The Bertz CT molecular complexity index is 798. The number of nitrogens with one attached hydrogen (secondary N) is 2. The number of carboxylic acid groups (broad SMARTS) is 1. The van der Waals surface area contributed by atoms with Crippen LogP contribution in [0.5, 0.6) is 0 Å². The van der Waals surface area contributed by atoms with Crippen molar-refractivity contribution in [3.8, 4) is 0 Å². The largest absolute Gasteiger partial charge is 0.480 e. The lowest BCUT2D eigenvalue weighted by molar-refractivity contribution is -0.146. The average molecular weight is 485 g/mol. The number of carbonyl (C=O) groups excluding carboxylic acids is 4. The molecule has 0 aromatic carbocycles. The smallest absolute Gasteiger partial charge is 0.326 e. The molecule has 1 fully saturated rings. The first kappa shape index (κ1) is 28.6. The van der Waals surface area contributed by atoms with Gasteiger partial charge in [-0.25, -0.2) is 4.79 Å². The van der Waals surface area contributed by atoms with Crippen molar-refractivity contribution in [2.75, 3.05) is 13.1 Å². The topological polar surface area (TPSA) is 249 Å². The molecule has 14 heteroatoms. The molecule has 4 unspecified atom stereocenters. The second kappa shape index (κ2) is 13.3. The van der Waals surface area contributed by atoms with Gasteiger partial charge in [-0.1, -0.05) is 13.8 Å². The number of likely N-dealkylation sites (tertiary alicyclic amines) is 1. The maximum absolute atomic E-state index is 13.2. The third-order valence-corrected chi connectivity index (χ3v) is 5.39. The molecular formula is C20H36N8O6. The van der Waals surface area contributed by atoms with Crippen LogP contribution < -0.4 is 33.6 Å². The molecule has 1 aliphatic rings. The Balaban J connectivity index is 2.88. The molecule has 0 aromatic heterocycles. The standard InChI is InChI=1S/C20H36N8O6/c1-10(2)15(19(33)34)27-17(31)13-6-4-8-28(13)18(32)12(9-14(22)29)26-16(30)11(21)5-3-7-25-20(23)24/h10-13,15H,3-9,21H2,1-2H3,(H2,22,29)(H,26,30)(H,27,31)(H,33,34)(H4,23,24,25). The molecule has 0 saturated carbocycles. The fourth-order valence-corrected chi connectivity index (χ4v) is 3.60. The van der Waals surface area contributed by atoms with Crippen LogP contribution in [0.3, 0.4) is 0 Å². The van der Waals surface area contributed by atoms with Gasteiger partial charge >= 0.3 is 5.97 Å². The molecule has 11 N–H and O–H groups in total. The first-order chi connectivity index (χ1) is 15.8. The summed E-state index contributed by atoms with van der Waals surface area (Å²) in [6.45, 7) is 3.77. The van der Waals surface area contributed by atoms with Crippen molar-refractivity contribution in [3.05, 3.63) is 0 Å². The molecule has 1 rings (SSSR count). The maximum Gasteiger partial charge on any atom is 0.326 e. The van der Waals surface area contributed by atoms with Crippen molar-refractivity contribution in [2.24, 2.45) is 33.8 Å². The van der Waals surface area contributed by atoms with Gasteiger partial charge in [-0.05, 0) is 31.6 Å². The molecule has 1 saturated heterocycles. The predicted molar refractivity (Wildman–Crippen MR) is 123 cm³/mol. The van der Waals surface area contributed by atoms with Gasteiger partial charge in [0.2, 0.25) is 23.6 Å². The van der Waals surface area contributed by atoms with Crippen LogP contribution >= 0.6 is 0 Å². The molecule has 4 atom stereocenters. The summed E-state index contributed by atoms with van der Waals surface area (Å²) in [5.74, 6) is -4.44. The van der Waals surface area contributed by atoms with E-state index in [9.17, 15) is 29.1 Å². The number of aliphatic carboxylic acids is 1. The van der Waals surface area contributed by atoms with Crippen LogP contribution in [0.2, 0.25) is 0 Å². The molecule has 0 spiro atoms. The Morgan fingerprint density at radius 3 is 2.29 bits per heavy atom. The quantitative estimate of drug-likeness (QED) is 0.0795. The van der Waals surface area contributed by atoms with Crippen molar-refractivity contribution in [1.82, 2.24) is 15.5 Å². The normalized spacial score (nSPS) is 18.0. The van der Waals surface area contributed by atoms with Crippen LogP contribution in [0.15, 0.2) is 4.99 Å². The van der Waals surface area contributed by atoms with Crippen LogP contribution in [0.4, 0.5) is 0 Å². The fraction of sp³-hybridized carbons (Fsp3) is 0.700. The van der Waals surface area contributed by atoms with E-state index in [4.69, 9.17) is 22.9 Å². The van der Waals surface area contributed by atoms with Gasteiger partial charge in [-0.15, -0.1) is 0 Å². The predicted octanol–water partition coefficient (Wildman–Crippen LogP) is -3.06. The van der Waals surface area contributed by atoms with Gasteiger partial charge in [0.25, 0.3) is 0 Å². The van der Waals surface area contributed by atoms with E-state index in [2.05, 4.69) is 15.6 Å². The van der Waals surface area contributed by atoms with E-state index in [0.717, 1.165) is 0 Å². The highest BCUT2D eigenvalue weighted by molar-refractivity contribution is 5.96. The number of hydrogen-bond acceptors (Lipinski definition) is 7. The zero-order valence-electron chi connectivity index (χ0n) is 19.5. The molecule has 0 radical (unpaired) electrons. The summed E-state index contributed by atoms with van der Waals surface area (Å²) < 4.78 is 0. The van der Waals surface area contributed by atoms with Gasteiger partial charge in [0.15, 0.2) is 5.96 Å². The number of carbonyl (C=O) groups is 5. The SMILES string of the molecule is CC(C)C(NC(=O)C1CCCN1C(=O)C(CC(N)=O)NC(=O)C(N)CCCN=C(N)N)C(=O)O. The molecular weight excluding hydrogens is 448 g/mol. The van der Waals surface area contributed by atoms with Crippen molar-refractivity contribution in [1.29, 1.82) is 0 Å². The van der Waals surface area contributed by atoms with Crippen LogP contribution in [0.25, 0.3) is 0 Å². The van der Waals surface area contributed by atoms with Gasteiger partial charge in [-0.2, -0.15) is 0 Å². The Labute approximate surface area is 197 Å². The minimum absolute atomic E-state index is 0.0857. The maximum atomic E-state index is 13.2. The third kappa shape index (κ3) is 8.84. The van der Waals surface area contributed by atoms with Crippen molar-refractivity contribution >= 4 is 35.6 Å². The number of nitrogens with two attached hydrogens (primary N) is 4. The van der Waals surface area contributed by atoms with E-state index in [1.54, 1.807) is 13.8 Å². The monoisotopic (exact) mass is 484 g/mol. The zero-order chi connectivity index (χ0) is 26.0. The highest BCUT2D eigenvalue weighted by Crippen LogP contribution is 2.20. The summed E-state index contributed by atoms with van der Waals surface area (Å²) in [7, 11) is 0. The Morgan fingerprint density at radius 1 is 1.12 bits per heavy atom. The number of primary amides is 1. The number of hydrogen-bond donors (Lipinski definition) is 7. The third-order valence-electron chi connectivity index (χ3n) is 5.39. The highest BCUT2D eigenvalue weighted by Gasteiger charge is 2.39. The van der Waals surface area contributed by atoms with Crippen LogP contribution in [-0.2, 0) is 24.0 Å². The summed E-state index contributed by atoms with van der Waals surface area (Å²) >= 11 is 0. The summed E-state index contributed by atoms with van der Waals surface area (Å²) in [5, 5.41) is 14.2. The number of amides is 4. The van der Waals surface area contributed by atoms with Crippen molar-refractivity contribution in [2.45, 2.75) is 70.1 Å².